The highest BCUT2D eigenvalue weighted by molar-refractivity contribution is 5.94. The molecular weight excluding hydrogens is 587 g/mol. The summed E-state index contributed by atoms with van der Waals surface area (Å²) >= 11 is 0. The molecule has 0 aliphatic carbocycles. The van der Waals surface area contributed by atoms with Crippen LogP contribution in [0.25, 0.3) is 0 Å². The highest BCUT2D eigenvalue weighted by Gasteiger charge is 2.33. The van der Waals surface area contributed by atoms with Gasteiger partial charge in [-0.2, -0.15) is 0 Å². The summed E-state index contributed by atoms with van der Waals surface area (Å²) in [4.78, 5) is 27.1. The third-order valence-electron chi connectivity index (χ3n) is 10.6. The van der Waals surface area contributed by atoms with Crippen molar-refractivity contribution < 1.29 is 23.4 Å². The number of nitrogens with zero attached hydrogens (tertiary/aromatic N) is 4. The monoisotopic (exact) mass is 638 g/mol. The molecule has 1 amide bonds. The Hall–Kier alpha value is -2.70. The zero-order chi connectivity index (χ0) is 32.0. The van der Waals surface area contributed by atoms with E-state index in [-0.39, 0.29) is 30.0 Å². The van der Waals surface area contributed by atoms with Crippen molar-refractivity contribution in [1.29, 1.82) is 0 Å². The number of anilines is 1. The first kappa shape index (κ1) is 33.2. The maximum Gasteiger partial charge on any atom is 0.272 e. The second-order valence-corrected chi connectivity index (χ2v) is 13.5. The van der Waals surface area contributed by atoms with Gasteiger partial charge in [-0.15, -0.1) is 0 Å². The predicted molar refractivity (Wildman–Crippen MR) is 175 cm³/mol. The first-order valence-corrected chi connectivity index (χ1v) is 17.3. The number of hydrogen-bond acceptors (Lipinski definition) is 9. The molecule has 11 heteroatoms. The van der Waals surface area contributed by atoms with Crippen LogP contribution in [0.1, 0.15) is 84.6 Å². The molecule has 2 N–H and O–H groups in total. The number of halogens is 1. The van der Waals surface area contributed by atoms with Crippen LogP contribution in [0.4, 0.5) is 10.2 Å². The number of nitrogens with one attached hydrogen (secondary N) is 2. The van der Waals surface area contributed by atoms with Crippen molar-refractivity contribution in [3.63, 3.8) is 0 Å². The molecule has 4 atom stereocenters. The van der Waals surface area contributed by atoms with Gasteiger partial charge < -0.3 is 34.6 Å². The third-order valence-corrected chi connectivity index (χ3v) is 10.6. The largest absolute Gasteiger partial charge is 0.379 e. The minimum atomic E-state index is -0.195. The van der Waals surface area contributed by atoms with E-state index < -0.39 is 0 Å². The molecule has 0 radical (unpaired) electrons. The van der Waals surface area contributed by atoms with Crippen LogP contribution < -0.4 is 10.6 Å². The number of carbonyl (C=O) groups is 1. The second kappa shape index (κ2) is 15.5. The lowest BCUT2D eigenvalue weighted by Gasteiger charge is -2.43. The Kier molecular flexibility index (Phi) is 11.2. The molecule has 0 spiro atoms. The van der Waals surface area contributed by atoms with Crippen molar-refractivity contribution in [3.8, 4) is 0 Å². The summed E-state index contributed by atoms with van der Waals surface area (Å²) < 4.78 is 31.7. The average molecular weight is 639 g/mol. The smallest absolute Gasteiger partial charge is 0.272 e. The van der Waals surface area contributed by atoms with Crippen molar-refractivity contribution in [2.24, 2.45) is 0 Å². The molecule has 1 aromatic carbocycles. The van der Waals surface area contributed by atoms with E-state index in [4.69, 9.17) is 14.2 Å². The van der Waals surface area contributed by atoms with Crippen LogP contribution in [0, 0.1) is 19.7 Å². The minimum Gasteiger partial charge on any atom is -0.379 e. The number of methoxy groups -OCH3 is 1. The molecule has 4 aliphatic rings. The Bertz CT molecular complexity index is 1320. The number of benzene rings is 1. The topological polar surface area (TPSA) is 101 Å². The quantitative estimate of drug-likeness (QED) is 0.414. The van der Waals surface area contributed by atoms with Crippen molar-refractivity contribution in [1.82, 2.24) is 25.1 Å². The lowest BCUT2D eigenvalue weighted by atomic mass is 9.96. The molecule has 6 rings (SSSR count). The predicted octanol–water partition coefficient (Wildman–Crippen LogP) is 4.42. The summed E-state index contributed by atoms with van der Waals surface area (Å²) in [5.41, 5.74) is 2.75. The maximum absolute atomic E-state index is 14.2. The number of aryl methyl sites for hydroxylation is 1. The van der Waals surface area contributed by atoms with Crippen molar-refractivity contribution in [2.45, 2.75) is 102 Å². The van der Waals surface area contributed by atoms with Gasteiger partial charge in [-0.3, -0.25) is 4.79 Å². The van der Waals surface area contributed by atoms with E-state index in [2.05, 4.69) is 25.5 Å². The molecule has 5 heterocycles. The minimum absolute atomic E-state index is 0.0242. The standard InChI is InChI=1S/C35H51FN6O4/c1-23-7-8-25(19-29(23)36)31-6-4-5-28(46-31)20-37-34-24(2)33(38-22-39-34)35(43)42-16-11-27(12-17-42)41-14-9-26(10-15-41)40-30-13-18-45-21-32(30)44-3/h7-8,19,22,26-28,30-32,40H,4-6,9-18,20-21H2,1-3H3,(H,37,38,39)/t28-,30?,31+,32?/m0/s1. The molecule has 4 fully saturated rings. The molecule has 2 aromatic rings. The van der Waals surface area contributed by atoms with Gasteiger partial charge in [0.25, 0.3) is 5.91 Å². The van der Waals surface area contributed by atoms with Crippen LogP contribution in [-0.2, 0) is 14.2 Å². The number of carbonyl (C=O) groups excluding carboxylic acids is 1. The lowest BCUT2D eigenvalue weighted by molar-refractivity contribution is -0.0540. The Morgan fingerprint density at radius 1 is 1.04 bits per heavy atom. The number of ether oxygens (including phenoxy) is 3. The zero-order valence-corrected chi connectivity index (χ0v) is 27.7. The molecule has 2 unspecified atom stereocenters. The fourth-order valence-electron chi connectivity index (χ4n) is 7.61. The third kappa shape index (κ3) is 7.87. The van der Waals surface area contributed by atoms with E-state index in [1.54, 1.807) is 20.1 Å². The van der Waals surface area contributed by atoms with E-state index in [0.29, 0.717) is 48.4 Å². The highest BCUT2D eigenvalue weighted by atomic mass is 19.1. The summed E-state index contributed by atoms with van der Waals surface area (Å²) in [7, 11) is 1.77. The van der Waals surface area contributed by atoms with Crippen molar-refractivity contribution in [3.05, 3.63) is 52.7 Å². The fourth-order valence-corrected chi connectivity index (χ4v) is 7.61. The number of hydrogen-bond donors (Lipinski definition) is 2. The molecule has 4 aliphatic heterocycles. The van der Waals surface area contributed by atoms with Crippen LogP contribution in [0.3, 0.4) is 0 Å². The average Bonchev–Trinajstić information content (AvgIpc) is 3.09. The Morgan fingerprint density at radius 3 is 2.61 bits per heavy atom. The molecule has 10 nitrogen and oxygen atoms in total. The van der Waals surface area contributed by atoms with E-state index in [9.17, 15) is 9.18 Å². The summed E-state index contributed by atoms with van der Waals surface area (Å²) in [5.74, 6) is 0.442. The van der Waals surface area contributed by atoms with Crippen molar-refractivity contribution in [2.75, 3.05) is 58.4 Å². The zero-order valence-electron chi connectivity index (χ0n) is 27.7. The Balaban J connectivity index is 0.963. The number of amides is 1. The number of aromatic nitrogens is 2. The molecular formula is C35H51FN6O4. The molecule has 1 aromatic heterocycles. The van der Waals surface area contributed by atoms with Gasteiger partial charge in [0, 0.05) is 57.0 Å². The van der Waals surface area contributed by atoms with Gasteiger partial charge in [-0.25, -0.2) is 14.4 Å². The Morgan fingerprint density at radius 2 is 1.85 bits per heavy atom. The van der Waals surface area contributed by atoms with Crippen molar-refractivity contribution >= 4 is 11.7 Å². The molecule has 46 heavy (non-hydrogen) atoms. The summed E-state index contributed by atoms with van der Waals surface area (Å²) in [6.45, 7) is 9.37. The van der Waals surface area contributed by atoms with E-state index >= 15 is 0 Å². The van der Waals surface area contributed by atoms with Crippen LogP contribution in [0.2, 0.25) is 0 Å². The molecule has 4 saturated heterocycles. The van der Waals surface area contributed by atoms with Gasteiger partial charge in [-0.1, -0.05) is 12.1 Å². The molecule has 0 saturated carbocycles. The van der Waals surface area contributed by atoms with Gasteiger partial charge in [0.1, 0.15) is 23.7 Å². The summed E-state index contributed by atoms with van der Waals surface area (Å²) in [6, 6.07) is 6.77. The van der Waals surface area contributed by atoms with E-state index in [0.717, 1.165) is 95.3 Å². The van der Waals surface area contributed by atoms with Gasteiger partial charge in [0.2, 0.25) is 0 Å². The number of piperidine rings is 2. The van der Waals surface area contributed by atoms with Gasteiger partial charge in [-0.05, 0) is 95.5 Å². The number of rotatable bonds is 9. The summed E-state index contributed by atoms with van der Waals surface area (Å²) in [6.07, 6.45) is 9.51. The SMILES string of the molecule is COC1COCCC1NC1CCN(C2CCN(C(=O)c3ncnc(NC[C@@H]4CCC[C@H](c5ccc(C)c(F)c5)O4)c3C)CC2)CC1. The number of likely N-dealkylation sites (tertiary alicyclic amines) is 2. The maximum atomic E-state index is 14.2. The van der Waals surface area contributed by atoms with Gasteiger partial charge in [0.05, 0.1) is 24.9 Å². The molecule has 0 bridgehead atoms. The van der Waals surface area contributed by atoms with Crippen LogP contribution in [-0.4, -0.2) is 109 Å². The summed E-state index contributed by atoms with van der Waals surface area (Å²) in [5, 5.41) is 7.26. The van der Waals surface area contributed by atoms with Crippen LogP contribution in [0.5, 0.6) is 0 Å². The normalized spacial score (nSPS) is 27.1. The second-order valence-electron chi connectivity index (χ2n) is 13.5. The van der Waals surface area contributed by atoms with Gasteiger partial charge in [0.15, 0.2) is 0 Å². The van der Waals surface area contributed by atoms with E-state index in [1.165, 1.54) is 6.33 Å². The fraction of sp³-hybridized carbons (Fsp3) is 0.686. The van der Waals surface area contributed by atoms with Crippen LogP contribution >= 0.6 is 0 Å². The lowest BCUT2D eigenvalue weighted by Crippen LogP contribution is -2.55. The molecule has 252 valence electrons. The first-order valence-electron chi connectivity index (χ1n) is 17.3. The van der Waals surface area contributed by atoms with Crippen LogP contribution in [0.15, 0.2) is 24.5 Å². The van der Waals surface area contributed by atoms with E-state index in [1.807, 2.05) is 24.0 Å². The highest BCUT2D eigenvalue weighted by Crippen LogP contribution is 2.32. The first-order chi connectivity index (χ1) is 22.4. The van der Waals surface area contributed by atoms with Gasteiger partial charge >= 0.3 is 0 Å². The Labute approximate surface area is 272 Å².